The van der Waals surface area contributed by atoms with E-state index in [1.54, 1.807) is 0 Å². The Kier molecular flexibility index (Phi) is 2.62. The molecular formula is C13H14O6. The molecule has 3 aliphatic rings. The number of carbonyl (C=O) groups is 3. The number of fused-ring (bicyclic) bond motifs is 1. The van der Waals surface area contributed by atoms with Gasteiger partial charge in [0.05, 0.1) is 18.9 Å². The number of rotatable bonds is 3. The summed E-state index contributed by atoms with van der Waals surface area (Å²) >= 11 is 0. The highest BCUT2D eigenvalue weighted by Gasteiger charge is 2.70. The Hall–Kier alpha value is -1.85. The van der Waals surface area contributed by atoms with Crippen LogP contribution >= 0.6 is 0 Å². The molecule has 0 N–H and O–H groups in total. The molecule has 1 saturated heterocycles. The van der Waals surface area contributed by atoms with Crippen LogP contribution in [0.1, 0.15) is 6.42 Å². The Morgan fingerprint density at radius 1 is 1.42 bits per heavy atom. The molecule has 6 unspecified atom stereocenters. The first-order valence-electron chi connectivity index (χ1n) is 6.20. The average Bonchev–Trinajstić information content (AvgIpc) is 3.00. The van der Waals surface area contributed by atoms with Gasteiger partial charge in [-0.2, -0.15) is 0 Å². The van der Waals surface area contributed by atoms with Gasteiger partial charge < -0.3 is 14.2 Å². The number of methoxy groups -OCH3 is 1. The molecule has 3 rings (SSSR count). The molecule has 0 aromatic rings. The lowest BCUT2D eigenvalue weighted by atomic mass is 9.78. The molecule has 2 saturated carbocycles. The third kappa shape index (κ3) is 1.52. The van der Waals surface area contributed by atoms with Crippen molar-refractivity contribution in [3.8, 4) is 0 Å². The van der Waals surface area contributed by atoms with Crippen molar-refractivity contribution in [2.75, 3.05) is 7.11 Å². The molecule has 1 heterocycles. The number of esters is 3. The fraction of sp³-hybridized carbons (Fsp3) is 0.615. The molecular weight excluding hydrogens is 252 g/mol. The normalized spacial score (nSPS) is 41.8. The lowest BCUT2D eigenvalue weighted by Gasteiger charge is -2.29. The Labute approximate surface area is 109 Å². The molecule has 0 radical (unpaired) electrons. The predicted octanol–water partition coefficient (Wildman–Crippen LogP) is 0.0647. The fourth-order valence-electron chi connectivity index (χ4n) is 3.79. The maximum absolute atomic E-state index is 11.8. The Balaban J connectivity index is 1.90. The third-order valence-electron chi connectivity index (χ3n) is 4.44. The van der Waals surface area contributed by atoms with E-state index in [2.05, 4.69) is 6.58 Å². The van der Waals surface area contributed by atoms with Crippen LogP contribution in [0.25, 0.3) is 0 Å². The zero-order valence-corrected chi connectivity index (χ0v) is 10.4. The van der Waals surface area contributed by atoms with Crippen molar-refractivity contribution in [2.45, 2.75) is 18.6 Å². The molecule has 6 heteroatoms. The second-order valence-electron chi connectivity index (χ2n) is 5.15. The van der Waals surface area contributed by atoms with Crippen LogP contribution in [0.5, 0.6) is 0 Å². The fourth-order valence-corrected chi connectivity index (χ4v) is 3.79. The van der Waals surface area contributed by atoms with Gasteiger partial charge >= 0.3 is 17.9 Å². The standard InChI is InChI=1S/C13H14O6/c1-3-7(14)18-10-5-4-6-9(8(5)12(15)17-2)13(16)19-11(6)10/h3,5-6,8-11H,1,4H2,2H3. The van der Waals surface area contributed by atoms with Crippen molar-refractivity contribution in [1.29, 1.82) is 0 Å². The van der Waals surface area contributed by atoms with Crippen LogP contribution in [0.4, 0.5) is 0 Å². The van der Waals surface area contributed by atoms with Crippen LogP contribution in [-0.4, -0.2) is 37.2 Å². The van der Waals surface area contributed by atoms with Gasteiger partial charge in [-0.1, -0.05) is 6.58 Å². The summed E-state index contributed by atoms with van der Waals surface area (Å²) in [5.41, 5.74) is 0. The van der Waals surface area contributed by atoms with Gasteiger partial charge in [0, 0.05) is 17.9 Å². The quantitative estimate of drug-likeness (QED) is 0.408. The van der Waals surface area contributed by atoms with Gasteiger partial charge in [-0.25, -0.2) is 4.79 Å². The summed E-state index contributed by atoms with van der Waals surface area (Å²) in [5.74, 6) is -2.66. The first-order valence-corrected chi connectivity index (χ1v) is 6.20. The van der Waals surface area contributed by atoms with Crippen LogP contribution in [0.3, 0.4) is 0 Å². The van der Waals surface area contributed by atoms with Crippen LogP contribution in [0, 0.1) is 23.7 Å². The van der Waals surface area contributed by atoms with E-state index >= 15 is 0 Å². The highest BCUT2D eigenvalue weighted by atomic mass is 16.6. The molecule has 2 aliphatic carbocycles. The maximum atomic E-state index is 11.8. The van der Waals surface area contributed by atoms with E-state index in [1.807, 2.05) is 0 Å². The molecule has 6 atom stereocenters. The largest absolute Gasteiger partial charge is 0.469 e. The van der Waals surface area contributed by atoms with Crippen molar-refractivity contribution >= 4 is 17.9 Å². The molecule has 0 aromatic carbocycles. The Morgan fingerprint density at radius 3 is 2.79 bits per heavy atom. The summed E-state index contributed by atoms with van der Waals surface area (Å²) in [6.45, 7) is 3.34. The molecule has 0 amide bonds. The lowest BCUT2D eigenvalue weighted by Crippen LogP contribution is -2.43. The molecule has 0 aromatic heterocycles. The van der Waals surface area contributed by atoms with E-state index < -0.39 is 36.0 Å². The van der Waals surface area contributed by atoms with Gasteiger partial charge in [0.1, 0.15) is 12.2 Å². The molecule has 1 aliphatic heterocycles. The molecule has 6 nitrogen and oxygen atoms in total. The van der Waals surface area contributed by atoms with Gasteiger partial charge in [0.15, 0.2) is 0 Å². The highest BCUT2D eigenvalue weighted by Crippen LogP contribution is 2.58. The summed E-state index contributed by atoms with van der Waals surface area (Å²) in [7, 11) is 1.29. The highest BCUT2D eigenvalue weighted by molar-refractivity contribution is 5.86. The van der Waals surface area contributed by atoms with Crippen molar-refractivity contribution in [3.05, 3.63) is 12.7 Å². The summed E-state index contributed by atoms with van der Waals surface area (Å²) in [5, 5.41) is 0. The Morgan fingerprint density at radius 2 is 2.16 bits per heavy atom. The van der Waals surface area contributed by atoms with E-state index in [1.165, 1.54) is 7.11 Å². The second kappa shape index (κ2) is 4.08. The monoisotopic (exact) mass is 266 g/mol. The Bertz CT molecular complexity index is 470. The van der Waals surface area contributed by atoms with Gasteiger partial charge in [-0.3, -0.25) is 9.59 Å². The summed E-state index contributed by atoms with van der Waals surface area (Å²) in [4.78, 5) is 35.0. The lowest BCUT2D eigenvalue weighted by molar-refractivity contribution is -0.160. The minimum atomic E-state index is -0.569. The first kappa shape index (κ1) is 12.2. The van der Waals surface area contributed by atoms with E-state index in [9.17, 15) is 14.4 Å². The third-order valence-corrected chi connectivity index (χ3v) is 4.44. The van der Waals surface area contributed by atoms with Crippen LogP contribution in [0.15, 0.2) is 12.7 Å². The number of ether oxygens (including phenoxy) is 3. The van der Waals surface area contributed by atoms with Crippen molar-refractivity contribution in [1.82, 2.24) is 0 Å². The van der Waals surface area contributed by atoms with E-state index in [4.69, 9.17) is 14.2 Å². The van der Waals surface area contributed by atoms with Gasteiger partial charge in [-0.15, -0.1) is 0 Å². The first-order chi connectivity index (χ1) is 9.08. The molecule has 102 valence electrons. The number of carbonyl (C=O) groups excluding carboxylic acids is 3. The summed E-state index contributed by atoms with van der Waals surface area (Å²) in [6, 6.07) is 0. The predicted molar refractivity (Wildman–Crippen MR) is 60.6 cm³/mol. The zero-order chi connectivity index (χ0) is 13.7. The molecule has 2 bridgehead atoms. The SMILES string of the molecule is C=CC(=O)OC1C2CC3C1OC(=O)C3C2C(=O)OC. The summed E-state index contributed by atoms with van der Waals surface area (Å²) < 4.78 is 15.3. The average molecular weight is 266 g/mol. The van der Waals surface area contributed by atoms with Gasteiger partial charge in [0.2, 0.25) is 0 Å². The molecule has 19 heavy (non-hydrogen) atoms. The summed E-state index contributed by atoms with van der Waals surface area (Å²) in [6.07, 6.45) is 0.721. The van der Waals surface area contributed by atoms with Crippen LogP contribution in [-0.2, 0) is 28.6 Å². The van der Waals surface area contributed by atoms with E-state index in [0.29, 0.717) is 6.42 Å². The van der Waals surface area contributed by atoms with Crippen molar-refractivity contribution in [2.24, 2.45) is 23.7 Å². The van der Waals surface area contributed by atoms with Gasteiger partial charge in [0.25, 0.3) is 0 Å². The van der Waals surface area contributed by atoms with E-state index in [0.717, 1.165) is 6.08 Å². The van der Waals surface area contributed by atoms with E-state index in [-0.39, 0.29) is 17.8 Å². The van der Waals surface area contributed by atoms with Crippen molar-refractivity contribution in [3.63, 3.8) is 0 Å². The zero-order valence-electron chi connectivity index (χ0n) is 10.4. The second-order valence-corrected chi connectivity index (χ2v) is 5.15. The number of hydrogen-bond acceptors (Lipinski definition) is 6. The van der Waals surface area contributed by atoms with Crippen LogP contribution in [0.2, 0.25) is 0 Å². The van der Waals surface area contributed by atoms with Gasteiger partial charge in [-0.05, 0) is 6.42 Å². The minimum absolute atomic E-state index is 0.0517. The molecule has 3 fully saturated rings. The van der Waals surface area contributed by atoms with Crippen molar-refractivity contribution < 1.29 is 28.6 Å². The smallest absolute Gasteiger partial charge is 0.330 e. The number of hydrogen-bond donors (Lipinski definition) is 0. The van der Waals surface area contributed by atoms with Crippen LogP contribution < -0.4 is 0 Å². The molecule has 0 spiro atoms. The topological polar surface area (TPSA) is 78.9 Å². The minimum Gasteiger partial charge on any atom is -0.469 e. The maximum Gasteiger partial charge on any atom is 0.330 e.